The molecular formula is C16H32N2O2. The first-order valence-electron chi connectivity index (χ1n) is 7.92. The average molecular weight is 284 g/mol. The summed E-state index contributed by atoms with van der Waals surface area (Å²) in [7, 11) is 0. The molecule has 1 aliphatic rings. The van der Waals surface area contributed by atoms with Crippen molar-refractivity contribution in [2.75, 3.05) is 13.1 Å². The maximum Gasteiger partial charge on any atom is 0.410 e. The highest BCUT2D eigenvalue weighted by atomic mass is 16.6. The van der Waals surface area contributed by atoms with Crippen molar-refractivity contribution in [1.29, 1.82) is 0 Å². The summed E-state index contributed by atoms with van der Waals surface area (Å²) in [4.78, 5) is 14.0. The summed E-state index contributed by atoms with van der Waals surface area (Å²) in [6, 6.07) is 0.776. The standard InChI is InChI=1S/C16H32N2O2/c1-12(2)7-9-17-14-8-10-18(13(3)11-14)15(19)20-16(4,5)6/h12-14,17H,7-11H2,1-6H3. The van der Waals surface area contributed by atoms with Crippen LogP contribution in [0.15, 0.2) is 0 Å². The van der Waals surface area contributed by atoms with Gasteiger partial charge in [-0.15, -0.1) is 0 Å². The van der Waals surface area contributed by atoms with E-state index in [-0.39, 0.29) is 12.1 Å². The number of nitrogens with zero attached hydrogens (tertiary/aromatic N) is 1. The second-order valence-corrected chi connectivity index (χ2v) is 7.38. The lowest BCUT2D eigenvalue weighted by Crippen LogP contribution is -2.51. The van der Waals surface area contributed by atoms with Crippen molar-refractivity contribution in [1.82, 2.24) is 10.2 Å². The Morgan fingerprint density at radius 1 is 1.40 bits per heavy atom. The fourth-order valence-electron chi connectivity index (χ4n) is 2.53. The summed E-state index contributed by atoms with van der Waals surface area (Å²) < 4.78 is 5.46. The van der Waals surface area contributed by atoms with Crippen LogP contribution in [0.25, 0.3) is 0 Å². The van der Waals surface area contributed by atoms with E-state index in [9.17, 15) is 4.79 Å². The fraction of sp³-hybridized carbons (Fsp3) is 0.938. The number of hydrogen-bond donors (Lipinski definition) is 1. The highest BCUT2D eigenvalue weighted by Gasteiger charge is 2.31. The third-order valence-corrected chi connectivity index (χ3v) is 3.66. The van der Waals surface area contributed by atoms with Gasteiger partial charge in [0.25, 0.3) is 0 Å². The predicted molar refractivity (Wildman–Crippen MR) is 82.9 cm³/mol. The molecule has 1 saturated heterocycles. The van der Waals surface area contributed by atoms with Crippen LogP contribution in [0.1, 0.15) is 60.8 Å². The van der Waals surface area contributed by atoms with E-state index in [1.54, 1.807) is 0 Å². The lowest BCUT2D eigenvalue weighted by Gasteiger charge is -2.38. The van der Waals surface area contributed by atoms with Crippen molar-refractivity contribution in [3.05, 3.63) is 0 Å². The lowest BCUT2D eigenvalue weighted by molar-refractivity contribution is 0.00938. The van der Waals surface area contributed by atoms with Crippen LogP contribution in [0.2, 0.25) is 0 Å². The molecule has 0 aromatic heterocycles. The van der Waals surface area contributed by atoms with Crippen LogP contribution in [-0.2, 0) is 4.74 Å². The predicted octanol–water partition coefficient (Wildman–Crippen LogP) is 3.41. The smallest absolute Gasteiger partial charge is 0.410 e. The Bertz CT molecular complexity index is 310. The fourth-order valence-corrected chi connectivity index (χ4v) is 2.53. The molecule has 1 rings (SSSR count). The van der Waals surface area contributed by atoms with Crippen molar-refractivity contribution in [2.24, 2.45) is 5.92 Å². The van der Waals surface area contributed by atoms with Crippen molar-refractivity contribution in [3.63, 3.8) is 0 Å². The molecule has 0 spiro atoms. The van der Waals surface area contributed by atoms with Gasteiger partial charge >= 0.3 is 6.09 Å². The van der Waals surface area contributed by atoms with Crippen LogP contribution < -0.4 is 5.32 Å². The summed E-state index contributed by atoms with van der Waals surface area (Å²) in [6.07, 6.45) is 3.06. The molecule has 0 aromatic carbocycles. The molecule has 1 amide bonds. The molecule has 4 nitrogen and oxygen atoms in total. The zero-order valence-electron chi connectivity index (χ0n) is 14.0. The minimum absolute atomic E-state index is 0.175. The number of piperidine rings is 1. The van der Waals surface area contributed by atoms with E-state index in [1.807, 2.05) is 25.7 Å². The number of amides is 1. The second-order valence-electron chi connectivity index (χ2n) is 7.38. The van der Waals surface area contributed by atoms with Gasteiger partial charge in [-0.25, -0.2) is 4.79 Å². The molecule has 2 atom stereocenters. The quantitative estimate of drug-likeness (QED) is 0.860. The Hall–Kier alpha value is -0.770. The zero-order valence-corrected chi connectivity index (χ0v) is 14.0. The number of nitrogens with one attached hydrogen (secondary N) is 1. The Morgan fingerprint density at radius 2 is 2.05 bits per heavy atom. The summed E-state index contributed by atoms with van der Waals surface area (Å²) in [5.74, 6) is 0.738. The largest absolute Gasteiger partial charge is 0.444 e. The molecule has 2 unspecified atom stereocenters. The monoisotopic (exact) mass is 284 g/mol. The summed E-state index contributed by atoms with van der Waals surface area (Å²) in [6.45, 7) is 14.2. The molecule has 0 saturated carbocycles. The van der Waals surface area contributed by atoms with E-state index in [1.165, 1.54) is 6.42 Å². The Balaban J connectivity index is 2.37. The highest BCUT2D eigenvalue weighted by Crippen LogP contribution is 2.20. The number of hydrogen-bond acceptors (Lipinski definition) is 3. The van der Waals surface area contributed by atoms with E-state index in [0.717, 1.165) is 31.8 Å². The Labute approximate surface area is 124 Å². The summed E-state index contributed by atoms with van der Waals surface area (Å²) in [5, 5.41) is 3.61. The second kappa shape index (κ2) is 7.30. The number of likely N-dealkylation sites (tertiary alicyclic amines) is 1. The molecule has 0 aromatic rings. The van der Waals surface area contributed by atoms with Crippen LogP contribution in [0.4, 0.5) is 4.79 Å². The molecule has 1 N–H and O–H groups in total. The van der Waals surface area contributed by atoms with Gasteiger partial charge in [-0.05, 0) is 59.4 Å². The normalized spacial score (nSPS) is 24.1. The van der Waals surface area contributed by atoms with Crippen LogP contribution in [-0.4, -0.2) is 41.8 Å². The maximum absolute atomic E-state index is 12.1. The summed E-state index contributed by atoms with van der Waals surface area (Å²) >= 11 is 0. The van der Waals surface area contributed by atoms with Crippen LogP contribution in [0, 0.1) is 5.92 Å². The van der Waals surface area contributed by atoms with Gasteiger partial charge in [0, 0.05) is 18.6 Å². The van der Waals surface area contributed by atoms with Crippen molar-refractivity contribution in [2.45, 2.75) is 78.5 Å². The third kappa shape index (κ3) is 6.12. The van der Waals surface area contributed by atoms with Gasteiger partial charge in [0.1, 0.15) is 5.60 Å². The Morgan fingerprint density at radius 3 is 2.55 bits per heavy atom. The van der Waals surface area contributed by atoms with E-state index >= 15 is 0 Å². The zero-order chi connectivity index (χ0) is 15.3. The maximum atomic E-state index is 12.1. The SMILES string of the molecule is CC(C)CCNC1CCN(C(=O)OC(C)(C)C)C(C)C1. The van der Waals surface area contributed by atoms with Crippen molar-refractivity contribution in [3.8, 4) is 0 Å². The Kier molecular flexibility index (Phi) is 6.31. The molecule has 0 aliphatic carbocycles. The number of carbonyl (C=O) groups excluding carboxylic acids is 1. The molecule has 0 radical (unpaired) electrons. The summed E-state index contributed by atoms with van der Waals surface area (Å²) in [5.41, 5.74) is -0.414. The average Bonchev–Trinajstić information content (AvgIpc) is 2.25. The van der Waals surface area contributed by atoms with E-state index < -0.39 is 5.60 Å². The van der Waals surface area contributed by atoms with Crippen LogP contribution >= 0.6 is 0 Å². The van der Waals surface area contributed by atoms with Crippen LogP contribution in [0.3, 0.4) is 0 Å². The molecule has 1 fully saturated rings. The van der Waals surface area contributed by atoms with Crippen molar-refractivity contribution >= 4 is 6.09 Å². The number of ether oxygens (including phenoxy) is 1. The van der Waals surface area contributed by atoms with Gasteiger partial charge in [-0.3, -0.25) is 0 Å². The van der Waals surface area contributed by atoms with Crippen LogP contribution in [0.5, 0.6) is 0 Å². The number of rotatable bonds is 4. The van der Waals surface area contributed by atoms with E-state index in [0.29, 0.717) is 6.04 Å². The molecule has 118 valence electrons. The van der Waals surface area contributed by atoms with Gasteiger partial charge in [-0.2, -0.15) is 0 Å². The molecule has 1 aliphatic heterocycles. The van der Waals surface area contributed by atoms with Gasteiger partial charge < -0.3 is 15.0 Å². The lowest BCUT2D eigenvalue weighted by atomic mass is 9.98. The highest BCUT2D eigenvalue weighted by molar-refractivity contribution is 5.68. The third-order valence-electron chi connectivity index (χ3n) is 3.66. The topological polar surface area (TPSA) is 41.6 Å². The molecule has 4 heteroatoms. The first kappa shape index (κ1) is 17.3. The molecule has 20 heavy (non-hydrogen) atoms. The van der Waals surface area contributed by atoms with Gasteiger partial charge in [0.05, 0.1) is 0 Å². The van der Waals surface area contributed by atoms with E-state index in [2.05, 4.69) is 26.1 Å². The van der Waals surface area contributed by atoms with Gasteiger partial charge in [0.15, 0.2) is 0 Å². The van der Waals surface area contributed by atoms with Crippen molar-refractivity contribution < 1.29 is 9.53 Å². The first-order chi connectivity index (χ1) is 9.19. The first-order valence-corrected chi connectivity index (χ1v) is 7.92. The molecule has 0 bridgehead atoms. The molecular weight excluding hydrogens is 252 g/mol. The van der Waals surface area contributed by atoms with E-state index in [4.69, 9.17) is 4.74 Å². The van der Waals surface area contributed by atoms with Gasteiger partial charge in [0.2, 0.25) is 0 Å². The van der Waals surface area contributed by atoms with Gasteiger partial charge in [-0.1, -0.05) is 13.8 Å². The minimum atomic E-state index is -0.414. The number of carbonyl (C=O) groups is 1. The minimum Gasteiger partial charge on any atom is -0.444 e. The molecule has 1 heterocycles.